The lowest BCUT2D eigenvalue weighted by atomic mass is 10.1. The van der Waals surface area contributed by atoms with Crippen LogP contribution in [0.15, 0.2) is 23.1 Å². The fourth-order valence-electron chi connectivity index (χ4n) is 1.17. The van der Waals surface area contributed by atoms with Crippen LogP contribution in [-0.4, -0.2) is 14.4 Å². The second-order valence-electron chi connectivity index (χ2n) is 3.54. The van der Waals surface area contributed by atoms with Crippen LogP contribution in [0, 0.1) is 0 Å². The summed E-state index contributed by atoms with van der Waals surface area (Å²) in [5.74, 6) is 0.500. The number of hydrogen-bond donors (Lipinski definition) is 0. The molecule has 0 bridgehead atoms. The maximum absolute atomic E-state index is 13.5. The molecule has 0 aliphatic rings. The van der Waals surface area contributed by atoms with Crippen LogP contribution < -0.4 is 0 Å². The average molecular weight is 258 g/mol. The Morgan fingerprint density at radius 1 is 1.50 bits per heavy atom. The van der Waals surface area contributed by atoms with E-state index in [-0.39, 0.29) is 0 Å². The van der Waals surface area contributed by atoms with Gasteiger partial charge in [-0.25, -0.2) is 14.4 Å². The maximum Gasteiger partial charge on any atom is 0.234 e. The van der Waals surface area contributed by atoms with Gasteiger partial charge in [0, 0.05) is 6.20 Å². The van der Waals surface area contributed by atoms with Crippen molar-refractivity contribution in [3.05, 3.63) is 28.8 Å². The highest BCUT2D eigenvalue weighted by Gasteiger charge is 2.21. The molecule has 0 aliphatic carbocycles. The Hall–Kier alpha value is -0.970. The van der Waals surface area contributed by atoms with Gasteiger partial charge >= 0.3 is 0 Å². The van der Waals surface area contributed by atoms with Gasteiger partial charge in [0.1, 0.15) is 10.3 Å². The number of aromatic nitrogens is 3. The summed E-state index contributed by atoms with van der Waals surface area (Å²) in [6.45, 7) is 2.95. The van der Waals surface area contributed by atoms with Crippen LogP contribution in [0.25, 0.3) is 5.78 Å². The Bertz CT molecular complexity index is 472. The van der Waals surface area contributed by atoms with E-state index in [9.17, 15) is 4.39 Å². The largest absolute Gasteiger partial charge is 0.278 e. The summed E-state index contributed by atoms with van der Waals surface area (Å²) in [7, 11) is 0. The molecule has 0 spiro atoms. The number of imidazole rings is 1. The van der Waals surface area contributed by atoms with Gasteiger partial charge in [-0.3, -0.25) is 4.40 Å². The van der Waals surface area contributed by atoms with Crippen LogP contribution in [0.2, 0.25) is 0 Å². The predicted molar refractivity (Wildman–Crippen MR) is 54.8 cm³/mol. The summed E-state index contributed by atoms with van der Waals surface area (Å²) in [6.07, 6.45) is 3.38. The predicted octanol–water partition coefficient (Wildman–Crippen LogP) is 2.70. The lowest BCUT2D eigenvalue weighted by Crippen LogP contribution is -2.12. The molecule has 3 nitrogen and oxygen atoms in total. The molecule has 5 heteroatoms. The zero-order valence-electron chi connectivity index (χ0n) is 7.83. The van der Waals surface area contributed by atoms with Crippen molar-refractivity contribution in [1.29, 1.82) is 0 Å². The van der Waals surface area contributed by atoms with Crippen molar-refractivity contribution >= 4 is 21.7 Å². The number of hydrogen-bond acceptors (Lipinski definition) is 2. The Kier molecular flexibility index (Phi) is 2.06. The van der Waals surface area contributed by atoms with Gasteiger partial charge in [-0.15, -0.1) is 0 Å². The van der Waals surface area contributed by atoms with Crippen LogP contribution in [-0.2, 0) is 5.67 Å². The van der Waals surface area contributed by atoms with Gasteiger partial charge in [-0.2, -0.15) is 0 Å². The second kappa shape index (κ2) is 3.02. The normalized spacial score (nSPS) is 12.3. The van der Waals surface area contributed by atoms with Gasteiger partial charge in [0.2, 0.25) is 5.78 Å². The molecular formula is C9H9BrFN3. The van der Waals surface area contributed by atoms with E-state index < -0.39 is 5.67 Å². The number of alkyl halides is 1. The topological polar surface area (TPSA) is 30.2 Å². The van der Waals surface area contributed by atoms with Gasteiger partial charge in [0.25, 0.3) is 0 Å². The highest BCUT2D eigenvalue weighted by Crippen LogP contribution is 2.23. The fraction of sp³-hybridized carbons (Fsp3) is 0.333. The van der Waals surface area contributed by atoms with Crippen LogP contribution in [0.4, 0.5) is 4.39 Å². The highest BCUT2D eigenvalue weighted by molar-refractivity contribution is 9.10. The van der Waals surface area contributed by atoms with Gasteiger partial charge in [0.15, 0.2) is 0 Å². The number of halogens is 2. The summed E-state index contributed by atoms with van der Waals surface area (Å²) in [5, 5.41) is 0. The van der Waals surface area contributed by atoms with E-state index in [4.69, 9.17) is 0 Å². The summed E-state index contributed by atoms with van der Waals surface area (Å²) in [6, 6.07) is 1.65. The molecule has 0 N–H and O–H groups in total. The number of nitrogens with zero attached hydrogens (tertiary/aromatic N) is 3. The molecule has 0 saturated heterocycles. The van der Waals surface area contributed by atoms with Crippen LogP contribution in [0.5, 0.6) is 0 Å². The molecule has 0 unspecified atom stereocenters. The van der Waals surface area contributed by atoms with Gasteiger partial charge in [0.05, 0.1) is 11.9 Å². The number of rotatable bonds is 1. The van der Waals surface area contributed by atoms with Crippen molar-refractivity contribution < 1.29 is 4.39 Å². The molecule has 74 valence electrons. The molecular weight excluding hydrogens is 249 g/mol. The molecule has 14 heavy (non-hydrogen) atoms. The Morgan fingerprint density at radius 2 is 2.21 bits per heavy atom. The Balaban J connectivity index is 2.63. The highest BCUT2D eigenvalue weighted by atomic mass is 79.9. The maximum atomic E-state index is 13.5. The third kappa shape index (κ3) is 1.52. The van der Waals surface area contributed by atoms with Gasteiger partial charge in [-0.1, -0.05) is 0 Å². The Morgan fingerprint density at radius 3 is 2.86 bits per heavy atom. The minimum absolute atomic E-state index is 0.392. The zero-order valence-corrected chi connectivity index (χ0v) is 9.42. The first kappa shape index (κ1) is 9.58. The molecule has 0 aromatic carbocycles. The third-order valence-electron chi connectivity index (χ3n) is 1.94. The lowest BCUT2D eigenvalue weighted by molar-refractivity contribution is 0.214. The molecule has 0 amide bonds. The summed E-state index contributed by atoms with van der Waals surface area (Å²) in [5.41, 5.74) is -1.04. The minimum atomic E-state index is -1.43. The molecule has 0 fully saturated rings. The van der Waals surface area contributed by atoms with Crippen LogP contribution in [0.1, 0.15) is 19.5 Å². The average Bonchev–Trinajstić information content (AvgIpc) is 2.46. The molecule has 0 saturated carbocycles. The SMILES string of the molecule is CC(C)(F)c1ccn2c(Br)cnc2n1. The summed E-state index contributed by atoms with van der Waals surface area (Å²) in [4.78, 5) is 8.14. The molecule has 0 atom stereocenters. The van der Waals surface area contributed by atoms with E-state index in [0.717, 1.165) is 4.60 Å². The van der Waals surface area contributed by atoms with Crippen molar-refractivity contribution in [1.82, 2.24) is 14.4 Å². The van der Waals surface area contributed by atoms with E-state index in [2.05, 4.69) is 25.9 Å². The monoisotopic (exact) mass is 257 g/mol. The number of fused-ring (bicyclic) bond motifs is 1. The van der Waals surface area contributed by atoms with Crippen LogP contribution >= 0.6 is 15.9 Å². The third-order valence-corrected chi connectivity index (χ3v) is 2.53. The van der Waals surface area contributed by atoms with E-state index in [1.807, 2.05) is 0 Å². The first-order valence-corrected chi connectivity index (χ1v) is 4.97. The van der Waals surface area contributed by atoms with Gasteiger partial charge in [-0.05, 0) is 35.8 Å². The first-order chi connectivity index (χ1) is 6.48. The molecule has 2 aromatic rings. The van der Waals surface area contributed by atoms with Crippen molar-refractivity contribution in [2.24, 2.45) is 0 Å². The van der Waals surface area contributed by atoms with Crippen molar-refractivity contribution in [3.8, 4) is 0 Å². The molecule has 2 rings (SSSR count). The minimum Gasteiger partial charge on any atom is -0.278 e. The lowest BCUT2D eigenvalue weighted by Gasteiger charge is -2.12. The van der Waals surface area contributed by atoms with Crippen molar-refractivity contribution in [2.45, 2.75) is 19.5 Å². The van der Waals surface area contributed by atoms with Crippen LogP contribution in [0.3, 0.4) is 0 Å². The zero-order chi connectivity index (χ0) is 10.3. The molecule has 0 aliphatic heterocycles. The van der Waals surface area contributed by atoms with Crippen molar-refractivity contribution in [3.63, 3.8) is 0 Å². The molecule has 0 radical (unpaired) electrons. The van der Waals surface area contributed by atoms with E-state index >= 15 is 0 Å². The van der Waals surface area contributed by atoms with E-state index in [1.54, 1.807) is 22.9 Å². The summed E-state index contributed by atoms with van der Waals surface area (Å²) >= 11 is 3.31. The summed E-state index contributed by atoms with van der Waals surface area (Å²) < 4.78 is 16.1. The fourth-order valence-corrected chi connectivity index (χ4v) is 1.55. The first-order valence-electron chi connectivity index (χ1n) is 4.17. The smallest absolute Gasteiger partial charge is 0.234 e. The standard InChI is InChI=1S/C9H9BrFN3/c1-9(2,11)6-3-4-14-7(10)5-12-8(14)13-6/h3-5H,1-2H3. The van der Waals surface area contributed by atoms with E-state index in [0.29, 0.717) is 11.5 Å². The van der Waals surface area contributed by atoms with Gasteiger partial charge < -0.3 is 0 Å². The molecule has 2 aromatic heterocycles. The Labute approximate surface area is 89.1 Å². The molecule has 2 heterocycles. The second-order valence-corrected chi connectivity index (χ2v) is 4.35. The van der Waals surface area contributed by atoms with Crippen molar-refractivity contribution in [2.75, 3.05) is 0 Å². The quantitative estimate of drug-likeness (QED) is 0.787. The van der Waals surface area contributed by atoms with E-state index in [1.165, 1.54) is 13.8 Å².